The summed E-state index contributed by atoms with van der Waals surface area (Å²) >= 11 is 0. The third-order valence-corrected chi connectivity index (χ3v) is 17.4. The Morgan fingerprint density at radius 1 is 0.325 bits per heavy atom. The van der Waals surface area contributed by atoms with E-state index in [0.29, 0.717) is 60.5 Å². The summed E-state index contributed by atoms with van der Waals surface area (Å²) in [5.41, 5.74) is 3.77. The van der Waals surface area contributed by atoms with E-state index < -0.39 is 0 Å². The lowest BCUT2D eigenvalue weighted by atomic mass is 10.0. The number of ether oxygens (including phenoxy) is 4. The maximum atomic E-state index is 14.0. The second kappa shape index (κ2) is 50.2. The van der Waals surface area contributed by atoms with E-state index in [4.69, 9.17) is 18.9 Å². The number of carbonyl (C=O) groups is 2. The Kier molecular flexibility index (Phi) is 43.2. The zero-order chi connectivity index (χ0) is 58.7. The standard InChI is InChI=1S/C76H125NO6/c1-4-7-10-13-16-19-22-25-28-31-34-37-40-43-46-51-59-81-72-63-66(76(79)77-58-62-80-67-56-57-69-68-54-49-50-55-70(68)74(78)71(69)65-67)64-73(82-60-52-47-44-41-38-35-32-29-26-23-20-17-14-11-8-5-2)75(72)83-61-53-48-45-42-39-36-33-30-27-24-21-18-15-12-9-6-3/h49-50,54-57,63-65H,4-48,51-53,58-62H2,1-3H3,(H,77,79). The first-order valence-electron chi connectivity index (χ1n) is 35.8. The molecule has 0 fully saturated rings. The van der Waals surface area contributed by atoms with Crippen LogP contribution in [0.15, 0.2) is 54.6 Å². The van der Waals surface area contributed by atoms with Crippen LogP contribution in [0, 0.1) is 0 Å². The van der Waals surface area contributed by atoms with Crippen LogP contribution in [0.1, 0.15) is 355 Å². The third-order valence-electron chi connectivity index (χ3n) is 17.4. The number of fused-ring (bicyclic) bond motifs is 3. The average Bonchev–Trinajstić information content (AvgIpc) is 3.04. The second-order valence-electron chi connectivity index (χ2n) is 24.9. The molecule has 83 heavy (non-hydrogen) atoms. The number of nitrogens with one attached hydrogen (secondary N) is 1. The Labute approximate surface area is 510 Å². The summed E-state index contributed by atoms with van der Waals surface area (Å²) in [6.07, 6.45) is 63.7. The van der Waals surface area contributed by atoms with E-state index in [1.54, 1.807) is 0 Å². The van der Waals surface area contributed by atoms with E-state index in [0.717, 1.165) is 55.2 Å². The Bertz CT molecular complexity index is 1990. The first-order chi connectivity index (χ1) is 41.1. The van der Waals surface area contributed by atoms with Crippen molar-refractivity contribution in [3.63, 3.8) is 0 Å². The molecule has 0 unspecified atom stereocenters. The average molecular weight is 1150 g/mol. The van der Waals surface area contributed by atoms with Gasteiger partial charge in [-0.25, -0.2) is 0 Å². The lowest BCUT2D eigenvalue weighted by molar-refractivity contribution is 0.0945. The quantitative estimate of drug-likeness (QED) is 0.0444. The van der Waals surface area contributed by atoms with Crippen molar-refractivity contribution in [1.82, 2.24) is 5.32 Å². The van der Waals surface area contributed by atoms with Crippen molar-refractivity contribution in [1.29, 1.82) is 0 Å². The predicted molar refractivity (Wildman–Crippen MR) is 355 cm³/mol. The topological polar surface area (TPSA) is 83.1 Å². The smallest absolute Gasteiger partial charge is 0.251 e. The molecule has 470 valence electrons. The first-order valence-corrected chi connectivity index (χ1v) is 35.8. The van der Waals surface area contributed by atoms with Crippen LogP contribution in [0.25, 0.3) is 11.1 Å². The highest BCUT2D eigenvalue weighted by atomic mass is 16.5. The highest BCUT2D eigenvalue weighted by Gasteiger charge is 2.27. The molecule has 0 heterocycles. The number of amides is 1. The molecule has 0 aromatic heterocycles. The summed E-state index contributed by atoms with van der Waals surface area (Å²) in [6, 6.07) is 17.1. The van der Waals surface area contributed by atoms with E-state index in [2.05, 4.69) is 26.1 Å². The van der Waals surface area contributed by atoms with Crippen molar-refractivity contribution in [3.05, 3.63) is 71.3 Å². The number of hydrogen-bond donors (Lipinski definition) is 1. The summed E-state index contributed by atoms with van der Waals surface area (Å²) in [4.78, 5) is 27.2. The Balaban J connectivity index is 1.28. The normalized spacial score (nSPS) is 11.8. The van der Waals surface area contributed by atoms with Crippen LogP contribution in [0.3, 0.4) is 0 Å². The van der Waals surface area contributed by atoms with Crippen LogP contribution >= 0.6 is 0 Å². The highest BCUT2D eigenvalue weighted by Crippen LogP contribution is 2.41. The summed E-state index contributed by atoms with van der Waals surface area (Å²) in [6.45, 7) is 9.17. The van der Waals surface area contributed by atoms with Crippen LogP contribution in [0.2, 0.25) is 0 Å². The molecule has 3 aromatic rings. The summed E-state index contributed by atoms with van der Waals surface area (Å²) < 4.78 is 26.0. The van der Waals surface area contributed by atoms with Crippen molar-refractivity contribution in [2.45, 2.75) is 329 Å². The molecule has 7 heteroatoms. The predicted octanol–water partition coefficient (Wildman–Crippen LogP) is 23.6. The van der Waals surface area contributed by atoms with E-state index in [-0.39, 0.29) is 18.3 Å². The largest absolute Gasteiger partial charge is 0.492 e. The molecular weight excluding hydrogens is 1020 g/mol. The SMILES string of the molecule is CCCCCCCCCCCCCCCCCCOc1cc(C(=O)NCCOc2ccc3c(c2)C(=O)c2ccccc2-3)cc(OCCCCCCCCCCCCCCCCCC)c1OCCCCCCCCCCCCCCCCCC. The van der Waals surface area contributed by atoms with Crippen molar-refractivity contribution in [2.24, 2.45) is 0 Å². The van der Waals surface area contributed by atoms with Crippen LogP contribution in [0.4, 0.5) is 0 Å². The van der Waals surface area contributed by atoms with Gasteiger partial charge < -0.3 is 24.3 Å². The molecule has 0 radical (unpaired) electrons. The monoisotopic (exact) mass is 1150 g/mol. The fourth-order valence-corrected chi connectivity index (χ4v) is 12.1. The second-order valence-corrected chi connectivity index (χ2v) is 24.9. The van der Waals surface area contributed by atoms with Gasteiger partial charge in [-0.1, -0.05) is 334 Å². The van der Waals surface area contributed by atoms with E-state index >= 15 is 0 Å². The van der Waals surface area contributed by atoms with Gasteiger partial charge in [-0.15, -0.1) is 0 Å². The molecule has 0 atom stereocenters. The zero-order valence-electron chi connectivity index (χ0n) is 54.1. The third kappa shape index (κ3) is 33.5. The number of carbonyl (C=O) groups excluding carboxylic acids is 2. The van der Waals surface area contributed by atoms with Gasteiger partial charge in [0, 0.05) is 16.7 Å². The number of unbranched alkanes of at least 4 members (excludes halogenated alkanes) is 45. The Hall–Kier alpha value is -4.00. The van der Waals surface area contributed by atoms with Gasteiger partial charge in [0.05, 0.1) is 26.4 Å². The molecule has 0 bridgehead atoms. The number of rotatable bonds is 59. The molecule has 0 saturated heterocycles. The fourth-order valence-electron chi connectivity index (χ4n) is 12.1. The van der Waals surface area contributed by atoms with E-state index in [9.17, 15) is 9.59 Å². The van der Waals surface area contributed by atoms with Crippen molar-refractivity contribution >= 4 is 11.7 Å². The van der Waals surface area contributed by atoms with Crippen LogP contribution < -0.4 is 24.3 Å². The van der Waals surface area contributed by atoms with Gasteiger partial charge in [0.2, 0.25) is 5.75 Å². The molecule has 0 aliphatic heterocycles. The molecule has 4 rings (SSSR count). The van der Waals surface area contributed by atoms with E-state index in [1.165, 1.54) is 270 Å². The molecule has 1 N–H and O–H groups in total. The number of ketones is 1. The van der Waals surface area contributed by atoms with Gasteiger partial charge in [-0.2, -0.15) is 0 Å². The lowest BCUT2D eigenvalue weighted by Gasteiger charge is -2.19. The van der Waals surface area contributed by atoms with Crippen molar-refractivity contribution in [2.75, 3.05) is 33.0 Å². The first kappa shape index (κ1) is 71.5. The highest BCUT2D eigenvalue weighted by molar-refractivity contribution is 6.21. The fraction of sp³-hybridized carbons (Fsp3) is 0.737. The van der Waals surface area contributed by atoms with Gasteiger partial charge in [-0.05, 0) is 60.7 Å². The van der Waals surface area contributed by atoms with Gasteiger partial charge in [0.1, 0.15) is 12.4 Å². The summed E-state index contributed by atoms with van der Waals surface area (Å²) in [5.74, 6) is 2.24. The summed E-state index contributed by atoms with van der Waals surface area (Å²) in [5, 5.41) is 3.09. The molecule has 1 amide bonds. The minimum Gasteiger partial charge on any atom is -0.492 e. The van der Waals surface area contributed by atoms with Gasteiger partial charge in [-0.3, -0.25) is 9.59 Å². The molecule has 0 saturated carbocycles. The van der Waals surface area contributed by atoms with Crippen LogP contribution in [-0.2, 0) is 0 Å². The Morgan fingerprint density at radius 2 is 0.639 bits per heavy atom. The van der Waals surface area contributed by atoms with Crippen molar-refractivity contribution < 1.29 is 28.5 Å². The summed E-state index contributed by atoms with van der Waals surface area (Å²) in [7, 11) is 0. The van der Waals surface area contributed by atoms with Crippen molar-refractivity contribution in [3.8, 4) is 34.1 Å². The number of benzene rings is 3. The maximum absolute atomic E-state index is 14.0. The maximum Gasteiger partial charge on any atom is 0.251 e. The molecule has 1 aliphatic carbocycles. The molecule has 0 spiro atoms. The zero-order valence-corrected chi connectivity index (χ0v) is 54.1. The molecule has 3 aromatic carbocycles. The number of hydrogen-bond acceptors (Lipinski definition) is 6. The van der Waals surface area contributed by atoms with Crippen LogP contribution in [0.5, 0.6) is 23.0 Å². The van der Waals surface area contributed by atoms with E-state index in [1.807, 2.05) is 54.6 Å². The van der Waals surface area contributed by atoms with Gasteiger partial charge in [0.25, 0.3) is 5.91 Å². The minimum absolute atomic E-state index is 0.0208. The lowest BCUT2D eigenvalue weighted by Crippen LogP contribution is -2.28. The van der Waals surface area contributed by atoms with Crippen LogP contribution in [-0.4, -0.2) is 44.7 Å². The molecular formula is C76H125NO6. The molecule has 1 aliphatic rings. The Morgan fingerprint density at radius 3 is 1.00 bits per heavy atom. The van der Waals surface area contributed by atoms with Gasteiger partial charge >= 0.3 is 0 Å². The minimum atomic E-state index is -0.211. The molecule has 7 nitrogen and oxygen atoms in total. The van der Waals surface area contributed by atoms with Gasteiger partial charge in [0.15, 0.2) is 17.3 Å².